The number of cyclic esters (lactones) is 2. The maximum Gasteiger partial charge on any atom is 0.348 e. The van der Waals surface area contributed by atoms with Crippen molar-refractivity contribution >= 4 is 18.0 Å². The van der Waals surface area contributed by atoms with E-state index in [1.165, 1.54) is 32.1 Å². The molecule has 2 heterocycles. The Kier molecular flexibility index (Phi) is 3.39. The van der Waals surface area contributed by atoms with Crippen LogP contribution in [0.2, 0.25) is 0 Å². The minimum atomic E-state index is -1.30. The zero-order valence-corrected chi connectivity index (χ0v) is 12.3. The standard InChI is InChI=1S/C16H15FO5/c1-16(2)21-14(18)12(15(19)22-16)8-10-7-11(17)6-9-4-3-5-20-13(9)10/h6-8H,3-5H2,1-2H3. The number of hydrogen-bond donors (Lipinski definition) is 0. The van der Waals surface area contributed by atoms with Crippen molar-refractivity contribution in [2.75, 3.05) is 6.61 Å². The molecule has 0 saturated carbocycles. The molecule has 0 amide bonds. The quantitative estimate of drug-likeness (QED) is 0.453. The number of ether oxygens (including phenoxy) is 3. The Labute approximate surface area is 126 Å². The Bertz CT molecular complexity index is 668. The van der Waals surface area contributed by atoms with Gasteiger partial charge in [0.05, 0.1) is 6.61 Å². The van der Waals surface area contributed by atoms with E-state index in [2.05, 4.69) is 0 Å². The molecule has 0 aromatic heterocycles. The Morgan fingerprint density at radius 1 is 1.18 bits per heavy atom. The fraction of sp³-hybridized carbons (Fsp3) is 0.375. The Morgan fingerprint density at radius 2 is 1.86 bits per heavy atom. The van der Waals surface area contributed by atoms with Gasteiger partial charge in [-0.25, -0.2) is 14.0 Å². The van der Waals surface area contributed by atoms with Crippen molar-refractivity contribution < 1.29 is 28.2 Å². The molecule has 6 heteroatoms. The summed E-state index contributed by atoms with van der Waals surface area (Å²) in [6, 6.07) is 2.62. The van der Waals surface area contributed by atoms with Crippen LogP contribution >= 0.6 is 0 Å². The van der Waals surface area contributed by atoms with Crippen molar-refractivity contribution in [2.45, 2.75) is 32.5 Å². The summed E-state index contributed by atoms with van der Waals surface area (Å²) in [5.74, 6) is -2.85. The van der Waals surface area contributed by atoms with Crippen LogP contribution in [0.5, 0.6) is 5.75 Å². The highest BCUT2D eigenvalue weighted by atomic mass is 19.1. The first kappa shape index (κ1) is 14.6. The predicted molar refractivity (Wildman–Crippen MR) is 74.5 cm³/mol. The monoisotopic (exact) mass is 306 g/mol. The zero-order valence-electron chi connectivity index (χ0n) is 12.3. The number of rotatable bonds is 1. The van der Waals surface area contributed by atoms with E-state index in [0.717, 1.165) is 12.0 Å². The first-order chi connectivity index (χ1) is 10.4. The molecule has 3 rings (SSSR count). The summed E-state index contributed by atoms with van der Waals surface area (Å²) in [6.07, 6.45) is 2.74. The lowest BCUT2D eigenvalue weighted by molar-refractivity contribution is -0.222. The molecule has 0 N–H and O–H groups in total. The van der Waals surface area contributed by atoms with E-state index in [1.54, 1.807) is 0 Å². The van der Waals surface area contributed by atoms with Gasteiger partial charge in [-0.2, -0.15) is 0 Å². The molecule has 1 aromatic rings. The summed E-state index contributed by atoms with van der Waals surface area (Å²) in [7, 11) is 0. The smallest absolute Gasteiger partial charge is 0.348 e. The lowest BCUT2D eigenvalue weighted by Gasteiger charge is -2.30. The van der Waals surface area contributed by atoms with E-state index in [1.807, 2.05) is 0 Å². The van der Waals surface area contributed by atoms with Crippen molar-refractivity contribution in [3.05, 3.63) is 34.6 Å². The van der Waals surface area contributed by atoms with Gasteiger partial charge in [-0.05, 0) is 36.6 Å². The average molecular weight is 306 g/mol. The second kappa shape index (κ2) is 5.12. The molecule has 0 spiro atoms. The maximum atomic E-state index is 13.7. The summed E-state index contributed by atoms with van der Waals surface area (Å²) in [6.45, 7) is 3.44. The van der Waals surface area contributed by atoms with E-state index in [4.69, 9.17) is 14.2 Å². The molecule has 1 aromatic carbocycles. The molecule has 0 unspecified atom stereocenters. The van der Waals surface area contributed by atoms with Gasteiger partial charge in [0.25, 0.3) is 5.79 Å². The molecule has 22 heavy (non-hydrogen) atoms. The molecule has 116 valence electrons. The molecule has 0 bridgehead atoms. The van der Waals surface area contributed by atoms with Crippen LogP contribution in [0, 0.1) is 5.82 Å². The van der Waals surface area contributed by atoms with Crippen molar-refractivity contribution in [1.29, 1.82) is 0 Å². The van der Waals surface area contributed by atoms with Crippen molar-refractivity contribution in [2.24, 2.45) is 0 Å². The number of halogens is 1. The van der Waals surface area contributed by atoms with Gasteiger partial charge in [0.15, 0.2) is 0 Å². The summed E-state index contributed by atoms with van der Waals surface area (Å²) in [4.78, 5) is 23.9. The van der Waals surface area contributed by atoms with E-state index in [9.17, 15) is 14.0 Å². The van der Waals surface area contributed by atoms with Gasteiger partial charge in [0.1, 0.15) is 17.1 Å². The molecule has 2 aliphatic rings. The van der Waals surface area contributed by atoms with Crippen molar-refractivity contribution in [3.8, 4) is 5.75 Å². The normalized spacial score (nSPS) is 19.7. The van der Waals surface area contributed by atoms with Gasteiger partial charge in [0.2, 0.25) is 0 Å². The fourth-order valence-electron chi connectivity index (χ4n) is 2.51. The number of carbonyl (C=O) groups excluding carboxylic acids is 2. The number of fused-ring (bicyclic) bond motifs is 1. The molecule has 0 atom stereocenters. The highest BCUT2D eigenvalue weighted by Crippen LogP contribution is 2.33. The lowest BCUT2D eigenvalue weighted by Crippen LogP contribution is -2.41. The molecule has 1 fully saturated rings. The van der Waals surface area contributed by atoms with Gasteiger partial charge in [-0.15, -0.1) is 0 Å². The molecule has 1 saturated heterocycles. The largest absolute Gasteiger partial charge is 0.493 e. The summed E-state index contributed by atoms with van der Waals surface area (Å²) < 4.78 is 29.3. The predicted octanol–water partition coefficient (Wildman–Crippen LogP) is 2.37. The van der Waals surface area contributed by atoms with E-state index < -0.39 is 23.5 Å². The first-order valence-electron chi connectivity index (χ1n) is 6.99. The van der Waals surface area contributed by atoms with E-state index in [0.29, 0.717) is 24.3 Å². The average Bonchev–Trinajstić information content (AvgIpc) is 2.41. The maximum absolute atomic E-state index is 13.7. The third kappa shape index (κ3) is 2.68. The van der Waals surface area contributed by atoms with Crippen LogP contribution in [0.3, 0.4) is 0 Å². The van der Waals surface area contributed by atoms with Crippen LogP contribution in [0.1, 0.15) is 31.4 Å². The van der Waals surface area contributed by atoms with Crippen LogP contribution < -0.4 is 4.74 Å². The lowest BCUT2D eigenvalue weighted by atomic mass is 10.00. The zero-order chi connectivity index (χ0) is 15.9. The molecular formula is C16H15FO5. The molecule has 0 radical (unpaired) electrons. The number of carbonyl (C=O) groups is 2. The minimum Gasteiger partial charge on any atom is -0.493 e. The molecule has 2 aliphatic heterocycles. The molecule has 0 aliphatic carbocycles. The van der Waals surface area contributed by atoms with Crippen molar-refractivity contribution in [1.82, 2.24) is 0 Å². The highest BCUT2D eigenvalue weighted by Gasteiger charge is 2.39. The number of benzene rings is 1. The van der Waals surface area contributed by atoms with Crippen LogP contribution in [-0.2, 0) is 25.5 Å². The second-order valence-electron chi connectivity index (χ2n) is 5.67. The molecular weight excluding hydrogens is 291 g/mol. The summed E-state index contributed by atoms with van der Waals surface area (Å²) in [5.41, 5.74) is 0.774. The number of aryl methyl sites for hydroxylation is 1. The topological polar surface area (TPSA) is 61.8 Å². The van der Waals surface area contributed by atoms with Gasteiger partial charge >= 0.3 is 11.9 Å². The third-order valence-corrected chi connectivity index (χ3v) is 3.41. The second-order valence-corrected chi connectivity index (χ2v) is 5.67. The van der Waals surface area contributed by atoms with Crippen LogP contribution in [-0.4, -0.2) is 24.3 Å². The Hall–Kier alpha value is -2.37. The summed E-state index contributed by atoms with van der Waals surface area (Å²) in [5, 5.41) is 0. The van der Waals surface area contributed by atoms with Gasteiger partial charge in [0, 0.05) is 19.4 Å². The van der Waals surface area contributed by atoms with E-state index in [-0.39, 0.29) is 5.57 Å². The SMILES string of the molecule is CC1(C)OC(=O)C(=Cc2cc(F)cc3c2OCCC3)C(=O)O1. The molecule has 5 nitrogen and oxygen atoms in total. The van der Waals surface area contributed by atoms with Gasteiger partial charge < -0.3 is 14.2 Å². The first-order valence-corrected chi connectivity index (χ1v) is 6.99. The van der Waals surface area contributed by atoms with Gasteiger partial charge in [-0.1, -0.05) is 0 Å². The van der Waals surface area contributed by atoms with Gasteiger partial charge in [-0.3, -0.25) is 0 Å². The Morgan fingerprint density at radius 3 is 2.55 bits per heavy atom. The van der Waals surface area contributed by atoms with Crippen LogP contribution in [0.4, 0.5) is 4.39 Å². The third-order valence-electron chi connectivity index (χ3n) is 3.41. The minimum absolute atomic E-state index is 0.277. The van der Waals surface area contributed by atoms with Crippen molar-refractivity contribution in [3.63, 3.8) is 0 Å². The van der Waals surface area contributed by atoms with Crippen LogP contribution in [0.25, 0.3) is 6.08 Å². The fourth-order valence-corrected chi connectivity index (χ4v) is 2.51. The summed E-state index contributed by atoms with van der Waals surface area (Å²) >= 11 is 0. The number of hydrogen-bond acceptors (Lipinski definition) is 5. The van der Waals surface area contributed by atoms with Crippen LogP contribution in [0.15, 0.2) is 17.7 Å². The van der Waals surface area contributed by atoms with E-state index >= 15 is 0 Å². The highest BCUT2D eigenvalue weighted by molar-refractivity contribution is 6.19. The Balaban J connectivity index is 2.03. The number of esters is 2.